The van der Waals surface area contributed by atoms with Crippen LogP contribution in [-0.4, -0.2) is 33.1 Å². The minimum atomic E-state index is -0.572. The number of aryl methyl sites for hydroxylation is 1. The third kappa shape index (κ3) is 4.67. The van der Waals surface area contributed by atoms with E-state index in [9.17, 15) is 14.9 Å². The Morgan fingerprint density at radius 2 is 2.00 bits per heavy atom. The van der Waals surface area contributed by atoms with E-state index in [0.717, 1.165) is 6.42 Å². The molecule has 1 amide bonds. The van der Waals surface area contributed by atoms with Crippen molar-refractivity contribution in [3.63, 3.8) is 0 Å². The lowest BCUT2D eigenvalue weighted by molar-refractivity contribution is -0.385. The highest BCUT2D eigenvalue weighted by Crippen LogP contribution is 2.22. The van der Waals surface area contributed by atoms with Crippen molar-refractivity contribution in [3.8, 4) is 0 Å². The van der Waals surface area contributed by atoms with Crippen LogP contribution in [0.1, 0.15) is 56.2 Å². The van der Waals surface area contributed by atoms with Crippen molar-refractivity contribution in [1.29, 1.82) is 0 Å². The Hall–Kier alpha value is -1.67. The molecule has 0 saturated heterocycles. The van der Waals surface area contributed by atoms with Gasteiger partial charge in [-0.15, -0.1) is 12.4 Å². The lowest BCUT2D eigenvalue weighted by atomic mass is 9.94. The molecule has 8 nitrogen and oxygen atoms in total. The second-order valence-corrected chi connectivity index (χ2v) is 5.16. The molecule has 4 N–H and O–H groups in total. The van der Waals surface area contributed by atoms with E-state index in [0.29, 0.717) is 25.0 Å². The normalized spacial score (nSPS) is 10.9. The van der Waals surface area contributed by atoms with Crippen LogP contribution in [0.15, 0.2) is 0 Å². The van der Waals surface area contributed by atoms with Crippen LogP contribution < -0.4 is 11.1 Å². The van der Waals surface area contributed by atoms with Crippen molar-refractivity contribution in [2.45, 2.75) is 52.0 Å². The Labute approximate surface area is 135 Å². The van der Waals surface area contributed by atoms with Crippen LogP contribution in [0, 0.1) is 10.1 Å². The first kappa shape index (κ1) is 20.3. The number of aromatic amines is 1. The predicted octanol–water partition coefficient (Wildman–Crippen LogP) is 1.94. The molecule has 0 aliphatic heterocycles. The highest BCUT2D eigenvalue weighted by Gasteiger charge is 2.30. The van der Waals surface area contributed by atoms with Crippen molar-refractivity contribution in [2.24, 2.45) is 5.73 Å². The van der Waals surface area contributed by atoms with Gasteiger partial charge >= 0.3 is 5.69 Å². The SMILES string of the molecule is CCCc1[nH]nc(C(=O)NCC(N)(CC)CC)c1[N+](=O)[O-].Cl. The number of H-pyrrole nitrogens is 1. The van der Waals surface area contributed by atoms with Crippen molar-refractivity contribution in [3.05, 3.63) is 21.5 Å². The number of nitrogens with zero attached hydrogens (tertiary/aromatic N) is 2. The van der Waals surface area contributed by atoms with Crippen LogP contribution in [0.5, 0.6) is 0 Å². The maximum absolute atomic E-state index is 12.1. The smallest absolute Gasteiger partial charge is 0.322 e. The first-order valence-corrected chi connectivity index (χ1v) is 7.17. The summed E-state index contributed by atoms with van der Waals surface area (Å²) in [5, 5.41) is 20.1. The quantitative estimate of drug-likeness (QED) is 0.495. The van der Waals surface area contributed by atoms with Gasteiger partial charge < -0.3 is 11.1 Å². The molecular weight excluding hydrogens is 310 g/mol. The number of nitrogens with two attached hydrogens (primary N) is 1. The Balaban J connectivity index is 0.00000441. The number of hydrogen-bond donors (Lipinski definition) is 3. The average Bonchev–Trinajstić information content (AvgIpc) is 2.89. The van der Waals surface area contributed by atoms with Gasteiger partial charge in [-0.2, -0.15) is 5.10 Å². The number of halogens is 1. The summed E-state index contributed by atoms with van der Waals surface area (Å²) in [5.41, 5.74) is 5.53. The first-order valence-electron chi connectivity index (χ1n) is 7.17. The van der Waals surface area contributed by atoms with E-state index in [2.05, 4.69) is 15.5 Å². The van der Waals surface area contributed by atoms with Crippen LogP contribution in [0.3, 0.4) is 0 Å². The molecule has 1 aromatic heterocycles. The van der Waals surface area contributed by atoms with Gasteiger partial charge in [0, 0.05) is 12.1 Å². The fourth-order valence-electron chi connectivity index (χ4n) is 1.99. The number of rotatable bonds is 8. The van der Waals surface area contributed by atoms with E-state index in [4.69, 9.17) is 5.73 Å². The van der Waals surface area contributed by atoms with E-state index >= 15 is 0 Å². The largest absolute Gasteiger partial charge is 0.349 e. The molecule has 1 heterocycles. The highest BCUT2D eigenvalue weighted by molar-refractivity contribution is 5.96. The van der Waals surface area contributed by atoms with Gasteiger partial charge in [-0.3, -0.25) is 20.0 Å². The Morgan fingerprint density at radius 3 is 2.45 bits per heavy atom. The molecule has 0 bridgehead atoms. The van der Waals surface area contributed by atoms with Crippen molar-refractivity contribution in [1.82, 2.24) is 15.5 Å². The average molecular weight is 334 g/mol. The standard InChI is InChI=1S/C13H23N5O3.ClH/c1-4-7-9-11(18(20)21)10(17-16-9)12(19)15-8-13(14,5-2)6-3;/h4-8,14H2,1-3H3,(H,15,19)(H,16,17);1H. The molecule has 0 saturated carbocycles. The van der Waals surface area contributed by atoms with Gasteiger partial charge in [0.2, 0.25) is 5.69 Å². The van der Waals surface area contributed by atoms with Gasteiger partial charge in [0.15, 0.2) is 0 Å². The minimum Gasteiger partial charge on any atom is -0.349 e. The zero-order valence-corrected chi connectivity index (χ0v) is 14.0. The number of carbonyl (C=O) groups is 1. The van der Waals surface area contributed by atoms with Gasteiger partial charge in [0.25, 0.3) is 5.91 Å². The molecule has 1 rings (SSSR count). The molecule has 0 atom stereocenters. The van der Waals surface area contributed by atoms with E-state index in [1.807, 2.05) is 20.8 Å². The van der Waals surface area contributed by atoms with Crippen molar-refractivity contribution < 1.29 is 9.72 Å². The number of nitrogens with one attached hydrogen (secondary N) is 2. The molecule has 0 fully saturated rings. The number of aromatic nitrogens is 2. The van der Waals surface area contributed by atoms with Crippen LogP contribution in [0.2, 0.25) is 0 Å². The molecule has 1 aromatic rings. The summed E-state index contributed by atoms with van der Waals surface area (Å²) in [6.45, 7) is 6.03. The number of amides is 1. The molecular formula is C13H24ClN5O3. The molecule has 0 unspecified atom stereocenters. The number of carbonyl (C=O) groups excluding carboxylic acids is 1. The van der Waals surface area contributed by atoms with Crippen molar-refractivity contribution in [2.75, 3.05) is 6.54 Å². The molecule has 0 aliphatic rings. The van der Waals surface area contributed by atoms with Gasteiger partial charge in [-0.25, -0.2) is 0 Å². The molecule has 22 heavy (non-hydrogen) atoms. The number of hydrogen-bond acceptors (Lipinski definition) is 5. The lowest BCUT2D eigenvalue weighted by Gasteiger charge is -2.26. The topological polar surface area (TPSA) is 127 Å². The van der Waals surface area contributed by atoms with Crippen molar-refractivity contribution >= 4 is 24.0 Å². The highest BCUT2D eigenvalue weighted by atomic mass is 35.5. The summed E-state index contributed by atoms with van der Waals surface area (Å²) in [5.74, 6) is -0.572. The van der Waals surface area contributed by atoms with Gasteiger partial charge in [-0.1, -0.05) is 27.2 Å². The van der Waals surface area contributed by atoms with E-state index in [-0.39, 0.29) is 30.3 Å². The van der Waals surface area contributed by atoms with E-state index in [1.165, 1.54) is 0 Å². The van der Waals surface area contributed by atoms with E-state index < -0.39 is 16.4 Å². The zero-order valence-electron chi connectivity index (χ0n) is 13.1. The predicted molar refractivity (Wildman–Crippen MR) is 86.3 cm³/mol. The van der Waals surface area contributed by atoms with Gasteiger partial charge in [-0.05, 0) is 19.3 Å². The molecule has 0 spiro atoms. The summed E-state index contributed by atoms with van der Waals surface area (Å²) >= 11 is 0. The molecule has 9 heteroatoms. The van der Waals surface area contributed by atoms with Crippen LogP contribution in [0.4, 0.5) is 5.69 Å². The van der Waals surface area contributed by atoms with Crippen LogP contribution in [0.25, 0.3) is 0 Å². The summed E-state index contributed by atoms with van der Waals surface area (Å²) < 4.78 is 0. The van der Waals surface area contributed by atoms with Crippen LogP contribution in [-0.2, 0) is 6.42 Å². The fraction of sp³-hybridized carbons (Fsp3) is 0.692. The summed E-state index contributed by atoms with van der Waals surface area (Å²) in [4.78, 5) is 22.7. The second-order valence-electron chi connectivity index (χ2n) is 5.16. The maximum atomic E-state index is 12.1. The van der Waals surface area contributed by atoms with Gasteiger partial charge in [0.05, 0.1) is 4.92 Å². The molecule has 0 aromatic carbocycles. The minimum absolute atomic E-state index is 0. The maximum Gasteiger partial charge on any atom is 0.322 e. The number of nitro groups is 1. The Bertz CT molecular complexity index is 514. The summed E-state index contributed by atoms with van der Waals surface area (Å²) in [6.07, 6.45) is 2.60. The second kappa shape index (κ2) is 8.70. The Morgan fingerprint density at radius 1 is 1.41 bits per heavy atom. The first-order chi connectivity index (χ1) is 9.88. The van der Waals surface area contributed by atoms with Gasteiger partial charge in [0.1, 0.15) is 5.69 Å². The lowest BCUT2D eigenvalue weighted by Crippen LogP contribution is -2.49. The third-order valence-corrected chi connectivity index (χ3v) is 3.72. The van der Waals surface area contributed by atoms with E-state index in [1.54, 1.807) is 0 Å². The zero-order chi connectivity index (χ0) is 16.0. The molecule has 0 radical (unpaired) electrons. The summed E-state index contributed by atoms with van der Waals surface area (Å²) in [7, 11) is 0. The summed E-state index contributed by atoms with van der Waals surface area (Å²) in [6, 6.07) is 0. The van der Waals surface area contributed by atoms with Crippen LogP contribution >= 0.6 is 12.4 Å². The Kier molecular flexibility index (Phi) is 8.04. The third-order valence-electron chi connectivity index (χ3n) is 3.72. The molecule has 126 valence electrons. The fourth-order valence-corrected chi connectivity index (χ4v) is 1.99. The molecule has 0 aliphatic carbocycles. The monoisotopic (exact) mass is 333 g/mol.